The van der Waals surface area contributed by atoms with E-state index in [0.717, 1.165) is 12.1 Å². The molecule has 2 N–H and O–H groups in total. The lowest BCUT2D eigenvalue weighted by Gasteiger charge is -2.01. The Bertz CT molecular complexity index is 540. The van der Waals surface area contributed by atoms with Crippen molar-refractivity contribution in [2.75, 3.05) is 11.9 Å². The second-order valence-corrected chi connectivity index (χ2v) is 4.93. The zero-order valence-electron chi connectivity index (χ0n) is 9.88. The van der Waals surface area contributed by atoms with E-state index in [1.807, 2.05) is 18.2 Å². The smallest absolute Gasteiger partial charge is 0.355 e. The number of anilines is 1. The molecule has 0 aliphatic carbocycles. The van der Waals surface area contributed by atoms with Crippen LogP contribution in [0.25, 0.3) is 0 Å². The van der Waals surface area contributed by atoms with E-state index in [4.69, 9.17) is 5.11 Å². The van der Waals surface area contributed by atoms with Crippen LogP contribution in [0.1, 0.15) is 21.1 Å². The van der Waals surface area contributed by atoms with Crippen molar-refractivity contribution in [3.8, 4) is 0 Å². The molecule has 2 aromatic heterocycles. The first-order valence-corrected chi connectivity index (χ1v) is 6.33. The molecule has 0 radical (unpaired) electrons. The second-order valence-electron chi connectivity index (χ2n) is 3.73. The fourth-order valence-electron chi connectivity index (χ4n) is 1.51. The number of carbonyl (C=O) groups is 1. The molecule has 0 saturated carbocycles. The molecule has 2 aromatic rings. The number of pyridine rings is 1. The van der Waals surface area contributed by atoms with Crippen molar-refractivity contribution in [1.29, 1.82) is 0 Å². The highest BCUT2D eigenvalue weighted by Gasteiger charge is 2.13. The predicted molar refractivity (Wildman–Crippen MR) is 70.2 cm³/mol. The van der Waals surface area contributed by atoms with E-state index in [2.05, 4.69) is 15.3 Å². The van der Waals surface area contributed by atoms with Crippen molar-refractivity contribution in [3.05, 3.63) is 40.7 Å². The van der Waals surface area contributed by atoms with Gasteiger partial charge in [-0.25, -0.2) is 9.78 Å². The van der Waals surface area contributed by atoms with Crippen molar-refractivity contribution in [2.24, 2.45) is 0 Å². The second kappa shape index (κ2) is 5.59. The zero-order chi connectivity index (χ0) is 13.0. The van der Waals surface area contributed by atoms with Gasteiger partial charge in [-0.15, -0.1) is 11.3 Å². The van der Waals surface area contributed by atoms with Gasteiger partial charge in [0.1, 0.15) is 0 Å². The van der Waals surface area contributed by atoms with Crippen molar-refractivity contribution in [3.63, 3.8) is 0 Å². The van der Waals surface area contributed by atoms with Crippen molar-refractivity contribution >= 4 is 22.4 Å². The molecule has 2 heterocycles. The molecule has 0 unspecified atom stereocenters. The molecule has 0 aliphatic rings. The van der Waals surface area contributed by atoms with E-state index in [-0.39, 0.29) is 5.69 Å². The molecule has 94 valence electrons. The number of carboxylic acids is 1. The quantitative estimate of drug-likeness (QED) is 0.865. The first-order chi connectivity index (χ1) is 8.66. The van der Waals surface area contributed by atoms with E-state index in [1.165, 1.54) is 11.3 Å². The topological polar surface area (TPSA) is 75.1 Å². The highest BCUT2D eigenvalue weighted by atomic mass is 32.1. The number of nitrogens with zero attached hydrogens (tertiary/aromatic N) is 2. The number of aromatic carboxylic acids is 1. The summed E-state index contributed by atoms with van der Waals surface area (Å²) in [6, 6.07) is 5.77. The zero-order valence-corrected chi connectivity index (χ0v) is 10.7. The number of aryl methyl sites for hydroxylation is 1. The van der Waals surface area contributed by atoms with E-state index in [1.54, 1.807) is 13.1 Å². The van der Waals surface area contributed by atoms with Crippen LogP contribution in [-0.4, -0.2) is 27.6 Å². The molecule has 2 rings (SSSR count). The Balaban J connectivity index is 1.91. The average Bonchev–Trinajstić information content (AvgIpc) is 2.72. The van der Waals surface area contributed by atoms with Gasteiger partial charge < -0.3 is 10.4 Å². The molecule has 5 nitrogen and oxygen atoms in total. The van der Waals surface area contributed by atoms with Gasteiger partial charge in [0.05, 0.1) is 0 Å². The van der Waals surface area contributed by atoms with Crippen LogP contribution in [-0.2, 0) is 6.42 Å². The Morgan fingerprint density at radius 1 is 1.50 bits per heavy atom. The van der Waals surface area contributed by atoms with Gasteiger partial charge in [0.2, 0.25) is 0 Å². The summed E-state index contributed by atoms with van der Waals surface area (Å²) in [7, 11) is 0. The van der Waals surface area contributed by atoms with E-state index >= 15 is 0 Å². The summed E-state index contributed by atoms with van der Waals surface area (Å²) in [6.45, 7) is 2.44. The van der Waals surface area contributed by atoms with Crippen LogP contribution in [0.3, 0.4) is 0 Å². The van der Waals surface area contributed by atoms with Gasteiger partial charge in [-0.1, -0.05) is 6.07 Å². The molecular weight excluding hydrogens is 250 g/mol. The minimum Gasteiger partial charge on any atom is -0.476 e. The Labute approximate surface area is 109 Å². The van der Waals surface area contributed by atoms with Crippen LogP contribution >= 0.6 is 11.3 Å². The summed E-state index contributed by atoms with van der Waals surface area (Å²) < 4.78 is 0. The minimum atomic E-state index is -0.985. The normalized spacial score (nSPS) is 10.3. The lowest BCUT2D eigenvalue weighted by atomic mass is 10.3. The molecule has 0 aromatic carbocycles. The average molecular weight is 263 g/mol. The lowest BCUT2D eigenvalue weighted by Crippen LogP contribution is -2.06. The van der Waals surface area contributed by atoms with Crippen LogP contribution in [0.2, 0.25) is 0 Å². The maximum Gasteiger partial charge on any atom is 0.355 e. The third kappa shape index (κ3) is 3.04. The SMILES string of the molecule is Cc1sc(NCCc2ccccn2)nc1C(=O)O. The third-order valence-electron chi connectivity index (χ3n) is 2.38. The van der Waals surface area contributed by atoms with Gasteiger partial charge in [0.25, 0.3) is 0 Å². The summed E-state index contributed by atoms with van der Waals surface area (Å²) >= 11 is 1.35. The van der Waals surface area contributed by atoms with Crippen molar-refractivity contribution in [2.45, 2.75) is 13.3 Å². The summed E-state index contributed by atoms with van der Waals surface area (Å²) in [5.74, 6) is -0.985. The molecule has 18 heavy (non-hydrogen) atoms. The number of aromatic nitrogens is 2. The lowest BCUT2D eigenvalue weighted by molar-refractivity contribution is 0.0690. The molecule has 0 bridgehead atoms. The van der Waals surface area contributed by atoms with Crippen LogP contribution in [0.5, 0.6) is 0 Å². The van der Waals surface area contributed by atoms with Gasteiger partial charge >= 0.3 is 5.97 Å². The molecular formula is C12H13N3O2S. The van der Waals surface area contributed by atoms with Crippen LogP contribution in [0.15, 0.2) is 24.4 Å². The molecule has 0 saturated heterocycles. The Kier molecular flexibility index (Phi) is 3.88. The Morgan fingerprint density at radius 2 is 2.33 bits per heavy atom. The van der Waals surface area contributed by atoms with Crippen LogP contribution in [0, 0.1) is 6.92 Å². The van der Waals surface area contributed by atoms with Gasteiger partial charge in [0.15, 0.2) is 10.8 Å². The van der Waals surface area contributed by atoms with E-state index in [9.17, 15) is 4.79 Å². The fourth-order valence-corrected chi connectivity index (χ4v) is 2.34. The number of thiazole rings is 1. The molecule has 6 heteroatoms. The molecule has 0 aliphatic heterocycles. The first kappa shape index (κ1) is 12.5. The first-order valence-electron chi connectivity index (χ1n) is 5.51. The number of rotatable bonds is 5. The number of hydrogen-bond acceptors (Lipinski definition) is 5. The minimum absolute atomic E-state index is 0.125. The monoisotopic (exact) mass is 263 g/mol. The van der Waals surface area contributed by atoms with Crippen molar-refractivity contribution in [1.82, 2.24) is 9.97 Å². The van der Waals surface area contributed by atoms with Gasteiger partial charge in [-0.3, -0.25) is 4.98 Å². The largest absolute Gasteiger partial charge is 0.476 e. The van der Waals surface area contributed by atoms with Gasteiger partial charge in [-0.2, -0.15) is 0 Å². The van der Waals surface area contributed by atoms with Gasteiger partial charge in [0, 0.05) is 29.7 Å². The standard InChI is InChI=1S/C12H13N3O2S/c1-8-10(11(16)17)15-12(18-8)14-7-5-9-4-2-3-6-13-9/h2-4,6H,5,7H2,1H3,(H,14,15)(H,16,17). The Morgan fingerprint density at radius 3 is 2.94 bits per heavy atom. The van der Waals surface area contributed by atoms with Gasteiger partial charge in [-0.05, 0) is 19.1 Å². The number of hydrogen-bond donors (Lipinski definition) is 2. The Hall–Kier alpha value is -1.95. The highest BCUT2D eigenvalue weighted by molar-refractivity contribution is 7.15. The summed E-state index contributed by atoms with van der Waals surface area (Å²) in [6.07, 6.45) is 2.53. The summed E-state index contributed by atoms with van der Waals surface area (Å²) in [5.41, 5.74) is 1.12. The maximum atomic E-state index is 10.8. The van der Waals surface area contributed by atoms with Crippen LogP contribution in [0.4, 0.5) is 5.13 Å². The fraction of sp³-hybridized carbons (Fsp3) is 0.250. The number of nitrogens with one attached hydrogen (secondary N) is 1. The molecule has 0 amide bonds. The van der Waals surface area contributed by atoms with E-state index in [0.29, 0.717) is 16.6 Å². The summed E-state index contributed by atoms with van der Waals surface area (Å²) in [5, 5.41) is 12.6. The predicted octanol–water partition coefficient (Wildman–Crippen LogP) is 2.20. The van der Waals surface area contributed by atoms with Crippen LogP contribution < -0.4 is 5.32 Å². The van der Waals surface area contributed by atoms with Crippen molar-refractivity contribution < 1.29 is 9.90 Å². The highest BCUT2D eigenvalue weighted by Crippen LogP contribution is 2.21. The maximum absolute atomic E-state index is 10.8. The third-order valence-corrected chi connectivity index (χ3v) is 3.31. The number of carboxylic acid groups (broad SMARTS) is 1. The molecule has 0 atom stereocenters. The van der Waals surface area contributed by atoms with E-state index < -0.39 is 5.97 Å². The molecule has 0 fully saturated rings. The molecule has 0 spiro atoms. The summed E-state index contributed by atoms with van der Waals surface area (Å²) in [4.78, 5) is 19.8.